The molecule has 2 unspecified atom stereocenters. The maximum Gasteiger partial charge on any atom is 0.129 e. The maximum absolute atomic E-state index is 11.0. The average Bonchev–Trinajstić information content (AvgIpc) is 2.65. The topological polar surface area (TPSA) is 49.8 Å². The number of likely N-dealkylation sites (N-methyl/N-ethyl adjacent to an activating group) is 1. The van der Waals surface area contributed by atoms with Gasteiger partial charge in [0, 0.05) is 19.2 Å². The van der Waals surface area contributed by atoms with Gasteiger partial charge in [-0.2, -0.15) is 0 Å². The molecule has 1 aliphatic heterocycles. The third-order valence-electron chi connectivity index (χ3n) is 2.96. The molecule has 14 heavy (non-hydrogen) atoms. The van der Waals surface area contributed by atoms with Crippen molar-refractivity contribution in [2.45, 2.75) is 19.4 Å². The van der Waals surface area contributed by atoms with Crippen LogP contribution in [0.2, 0.25) is 0 Å². The monoisotopic (exact) mass is 201 g/mol. The van der Waals surface area contributed by atoms with Crippen LogP contribution in [0.15, 0.2) is 0 Å². The van der Waals surface area contributed by atoms with E-state index in [2.05, 4.69) is 0 Å². The van der Waals surface area contributed by atoms with Crippen LogP contribution in [0.3, 0.4) is 0 Å². The van der Waals surface area contributed by atoms with E-state index >= 15 is 0 Å². The van der Waals surface area contributed by atoms with Crippen molar-refractivity contribution in [3.05, 3.63) is 0 Å². The van der Waals surface area contributed by atoms with Crippen molar-refractivity contribution in [2.75, 3.05) is 33.4 Å². The predicted octanol–water partition coefficient (Wildman–Crippen LogP) is -0.0954. The number of aliphatic hydroxyl groups excluding tert-OH is 1. The van der Waals surface area contributed by atoms with Gasteiger partial charge in [0.2, 0.25) is 0 Å². The number of hydrogen-bond donors (Lipinski definition) is 1. The van der Waals surface area contributed by atoms with Crippen LogP contribution in [0, 0.1) is 5.41 Å². The summed E-state index contributed by atoms with van der Waals surface area (Å²) in [6.45, 7) is 3.90. The largest absolute Gasteiger partial charge is 0.395 e. The molecular weight excluding hydrogens is 182 g/mol. The Balaban J connectivity index is 2.51. The minimum Gasteiger partial charge on any atom is -0.395 e. The molecule has 1 saturated heterocycles. The number of carbonyl (C=O) groups excluding carboxylic acids is 1. The Morgan fingerprint density at radius 3 is 2.86 bits per heavy atom. The van der Waals surface area contributed by atoms with Gasteiger partial charge in [-0.05, 0) is 20.4 Å². The van der Waals surface area contributed by atoms with Crippen molar-refractivity contribution >= 4 is 6.29 Å². The molecule has 4 heteroatoms. The summed E-state index contributed by atoms with van der Waals surface area (Å²) in [6, 6.07) is 0.0902. The fourth-order valence-corrected chi connectivity index (χ4v) is 1.67. The first-order valence-corrected chi connectivity index (χ1v) is 4.99. The van der Waals surface area contributed by atoms with E-state index in [1.807, 2.05) is 18.9 Å². The molecule has 82 valence electrons. The zero-order valence-corrected chi connectivity index (χ0v) is 8.90. The highest BCUT2D eigenvalue weighted by Crippen LogP contribution is 2.27. The van der Waals surface area contributed by atoms with Crippen molar-refractivity contribution in [1.82, 2.24) is 4.90 Å². The molecule has 0 saturated carbocycles. The Kier molecular flexibility index (Phi) is 4.04. The van der Waals surface area contributed by atoms with Gasteiger partial charge >= 0.3 is 0 Å². The molecule has 1 fully saturated rings. The van der Waals surface area contributed by atoms with Crippen molar-refractivity contribution in [1.29, 1.82) is 0 Å². The van der Waals surface area contributed by atoms with Gasteiger partial charge in [-0.3, -0.25) is 0 Å². The Bertz CT molecular complexity index is 190. The second-order valence-corrected chi connectivity index (χ2v) is 4.23. The summed E-state index contributed by atoms with van der Waals surface area (Å²) >= 11 is 0. The lowest BCUT2D eigenvalue weighted by molar-refractivity contribution is -0.117. The highest BCUT2D eigenvalue weighted by atomic mass is 16.5. The molecule has 2 atom stereocenters. The van der Waals surface area contributed by atoms with Crippen LogP contribution < -0.4 is 0 Å². The summed E-state index contributed by atoms with van der Waals surface area (Å²) in [6.07, 6.45) is 1.79. The molecule has 1 N–H and O–H groups in total. The van der Waals surface area contributed by atoms with E-state index in [9.17, 15) is 4.79 Å². The van der Waals surface area contributed by atoms with Gasteiger partial charge in [-0.25, -0.2) is 0 Å². The quantitative estimate of drug-likeness (QED) is 0.631. The second kappa shape index (κ2) is 4.87. The average molecular weight is 201 g/mol. The molecule has 0 aromatic rings. The predicted molar refractivity (Wildman–Crippen MR) is 53.1 cm³/mol. The van der Waals surface area contributed by atoms with Gasteiger partial charge in [0.1, 0.15) is 6.29 Å². The van der Waals surface area contributed by atoms with Crippen LogP contribution in [0.25, 0.3) is 0 Å². The Morgan fingerprint density at radius 2 is 2.43 bits per heavy atom. The first-order chi connectivity index (χ1) is 6.63. The number of rotatable bonds is 5. The van der Waals surface area contributed by atoms with Gasteiger partial charge < -0.3 is 19.5 Å². The van der Waals surface area contributed by atoms with Crippen LogP contribution in [-0.4, -0.2) is 55.7 Å². The zero-order valence-electron chi connectivity index (χ0n) is 8.90. The molecule has 4 nitrogen and oxygen atoms in total. The van der Waals surface area contributed by atoms with Crippen LogP contribution in [0.4, 0.5) is 0 Å². The lowest BCUT2D eigenvalue weighted by Crippen LogP contribution is -2.42. The summed E-state index contributed by atoms with van der Waals surface area (Å²) in [4.78, 5) is 13.0. The number of nitrogens with zero attached hydrogens (tertiary/aromatic N) is 1. The van der Waals surface area contributed by atoms with E-state index < -0.39 is 0 Å². The standard InChI is InChI=1S/C10H19NO3/c1-9(5-12)11(2)6-10(7-13)3-4-14-8-10/h7,9,12H,3-6,8H2,1-2H3. The SMILES string of the molecule is CC(CO)N(C)CC1(C=O)CCOC1. The minimum atomic E-state index is -0.349. The summed E-state index contributed by atoms with van der Waals surface area (Å²) in [5.74, 6) is 0. The molecule has 0 aliphatic carbocycles. The van der Waals surface area contributed by atoms with E-state index in [0.29, 0.717) is 19.8 Å². The zero-order chi connectivity index (χ0) is 10.6. The van der Waals surface area contributed by atoms with Crippen molar-refractivity contribution in [3.63, 3.8) is 0 Å². The molecule has 1 rings (SSSR count). The van der Waals surface area contributed by atoms with Crippen LogP contribution in [0.5, 0.6) is 0 Å². The summed E-state index contributed by atoms with van der Waals surface area (Å²) < 4.78 is 5.25. The number of ether oxygens (including phenoxy) is 1. The number of aldehydes is 1. The highest BCUT2D eigenvalue weighted by molar-refractivity contribution is 5.60. The third kappa shape index (κ3) is 2.53. The van der Waals surface area contributed by atoms with Crippen LogP contribution in [0.1, 0.15) is 13.3 Å². The highest BCUT2D eigenvalue weighted by Gasteiger charge is 2.36. The summed E-state index contributed by atoms with van der Waals surface area (Å²) in [7, 11) is 1.92. The van der Waals surface area contributed by atoms with E-state index in [-0.39, 0.29) is 18.1 Å². The van der Waals surface area contributed by atoms with Gasteiger partial charge in [-0.15, -0.1) is 0 Å². The molecule has 0 aromatic heterocycles. The normalized spacial score (nSPS) is 29.4. The fourth-order valence-electron chi connectivity index (χ4n) is 1.67. The summed E-state index contributed by atoms with van der Waals surface area (Å²) in [5, 5.41) is 8.97. The van der Waals surface area contributed by atoms with Gasteiger partial charge in [0.05, 0.1) is 18.6 Å². The third-order valence-corrected chi connectivity index (χ3v) is 2.96. The van der Waals surface area contributed by atoms with E-state index in [1.165, 1.54) is 0 Å². The number of carbonyl (C=O) groups is 1. The fraction of sp³-hybridized carbons (Fsp3) is 0.900. The van der Waals surface area contributed by atoms with E-state index in [1.54, 1.807) is 0 Å². The van der Waals surface area contributed by atoms with E-state index in [0.717, 1.165) is 12.7 Å². The molecule has 1 aliphatic rings. The smallest absolute Gasteiger partial charge is 0.129 e. The van der Waals surface area contributed by atoms with Gasteiger partial charge in [0.15, 0.2) is 0 Å². The maximum atomic E-state index is 11.0. The lowest BCUT2D eigenvalue weighted by Gasteiger charge is -2.30. The Labute approximate surface area is 84.8 Å². The molecular formula is C10H19NO3. The van der Waals surface area contributed by atoms with Crippen molar-refractivity contribution < 1.29 is 14.6 Å². The van der Waals surface area contributed by atoms with Gasteiger partial charge in [0.25, 0.3) is 0 Å². The van der Waals surface area contributed by atoms with Crippen LogP contribution >= 0.6 is 0 Å². The van der Waals surface area contributed by atoms with Crippen LogP contribution in [-0.2, 0) is 9.53 Å². The lowest BCUT2D eigenvalue weighted by atomic mass is 9.88. The molecule has 1 heterocycles. The molecule has 0 spiro atoms. The second-order valence-electron chi connectivity index (χ2n) is 4.23. The molecule has 0 radical (unpaired) electrons. The van der Waals surface area contributed by atoms with Crippen molar-refractivity contribution in [2.24, 2.45) is 5.41 Å². The molecule has 0 aromatic carbocycles. The Morgan fingerprint density at radius 1 is 1.71 bits per heavy atom. The first-order valence-electron chi connectivity index (χ1n) is 4.99. The molecule has 0 bridgehead atoms. The molecule has 0 amide bonds. The first kappa shape index (κ1) is 11.6. The van der Waals surface area contributed by atoms with E-state index in [4.69, 9.17) is 9.84 Å². The Hall–Kier alpha value is -0.450. The van der Waals surface area contributed by atoms with Gasteiger partial charge in [-0.1, -0.05) is 0 Å². The summed E-state index contributed by atoms with van der Waals surface area (Å²) in [5.41, 5.74) is -0.349. The number of hydrogen-bond acceptors (Lipinski definition) is 4. The minimum absolute atomic E-state index is 0.0902. The van der Waals surface area contributed by atoms with Crippen molar-refractivity contribution in [3.8, 4) is 0 Å². The number of aliphatic hydroxyl groups is 1.